The normalized spacial score (nSPS) is 9.94. The van der Waals surface area contributed by atoms with Crippen LogP contribution in [0, 0.1) is 0 Å². The first-order chi connectivity index (χ1) is 7.83. The number of benzene rings is 1. The summed E-state index contributed by atoms with van der Waals surface area (Å²) in [4.78, 5) is 0. The quantitative estimate of drug-likeness (QED) is 0.665. The molecule has 1 rings (SSSR count). The molecule has 0 radical (unpaired) electrons. The highest BCUT2D eigenvalue weighted by Crippen LogP contribution is 2.36. The van der Waals surface area contributed by atoms with Gasteiger partial charge in [0.1, 0.15) is 0 Å². The van der Waals surface area contributed by atoms with E-state index in [-0.39, 0.29) is 0 Å². The monoisotopic (exact) mass is 224 g/mol. The first-order valence-electron chi connectivity index (χ1n) is 5.67. The molecule has 1 aromatic carbocycles. The van der Waals surface area contributed by atoms with Gasteiger partial charge in [0, 0.05) is 0 Å². The first-order valence-corrected chi connectivity index (χ1v) is 5.67. The summed E-state index contributed by atoms with van der Waals surface area (Å²) in [6, 6.07) is 5.63. The van der Waals surface area contributed by atoms with Crippen LogP contribution in [0.15, 0.2) is 18.2 Å². The molecule has 0 bridgehead atoms. The number of para-hydroxylation sites is 1. The molecule has 3 heteroatoms. The van der Waals surface area contributed by atoms with Crippen LogP contribution in [0.4, 0.5) is 0 Å². The SMILES string of the molecule is CCCCCOc1c(OC)cccc1OC. The lowest BCUT2D eigenvalue weighted by Crippen LogP contribution is -2.01. The molecular formula is C13H20O3. The average molecular weight is 224 g/mol. The smallest absolute Gasteiger partial charge is 0.203 e. The standard InChI is InChI=1S/C13H20O3/c1-4-5-6-10-16-13-11(14-2)8-7-9-12(13)15-3/h7-9H,4-6,10H2,1-3H3. The Balaban J connectivity index is 2.67. The third-order valence-electron chi connectivity index (χ3n) is 2.38. The molecule has 0 aromatic heterocycles. The molecule has 0 saturated heterocycles. The highest BCUT2D eigenvalue weighted by Gasteiger charge is 2.10. The van der Waals surface area contributed by atoms with Crippen LogP contribution in [-0.4, -0.2) is 20.8 Å². The van der Waals surface area contributed by atoms with Crippen molar-refractivity contribution in [2.45, 2.75) is 26.2 Å². The molecule has 0 heterocycles. The van der Waals surface area contributed by atoms with Crippen molar-refractivity contribution in [1.82, 2.24) is 0 Å². The number of methoxy groups -OCH3 is 2. The molecular weight excluding hydrogens is 204 g/mol. The largest absolute Gasteiger partial charge is 0.493 e. The minimum absolute atomic E-state index is 0.698. The fourth-order valence-electron chi connectivity index (χ4n) is 1.49. The molecule has 0 spiro atoms. The summed E-state index contributed by atoms with van der Waals surface area (Å²) >= 11 is 0. The summed E-state index contributed by atoms with van der Waals surface area (Å²) in [6.07, 6.45) is 3.42. The Morgan fingerprint density at radius 1 is 1.00 bits per heavy atom. The lowest BCUT2D eigenvalue weighted by atomic mass is 10.2. The number of rotatable bonds is 7. The zero-order chi connectivity index (χ0) is 11.8. The van der Waals surface area contributed by atoms with Gasteiger partial charge in [-0.2, -0.15) is 0 Å². The number of ether oxygens (including phenoxy) is 3. The van der Waals surface area contributed by atoms with Gasteiger partial charge in [0.15, 0.2) is 11.5 Å². The number of unbranched alkanes of at least 4 members (excludes halogenated alkanes) is 2. The highest BCUT2D eigenvalue weighted by molar-refractivity contribution is 5.50. The van der Waals surface area contributed by atoms with Gasteiger partial charge in [-0.05, 0) is 18.6 Å². The Bertz CT molecular complexity index is 288. The second kappa shape index (κ2) is 6.99. The molecule has 0 fully saturated rings. The van der Waals surface area contributed by atoms with Gasteiger partial charge in [0.05, 0.1) is 20.8 Å². The van der Waals surface area contributed by atoms with Gasteiger partial charge >= 0.3 is 0 Å². The topological polar surface area (TPSA) is 27.7 Å². The summed E-state index contributed by atoms with van der Waals surface area (Å²) in [5.41, 5.74) is 0. The zero-order valence-electron chi connectivity index (χ0n) is 10.3. The Morgan fingerprint density at radius 2 is 1.62 bits per heavy atom. The van der Waals surface area contributed by atoms with E-state index in [2.05, 4.69) is 6.92 Å². The van der Waals surface area contributed by atoms with Crippen LogP contribution in [0.5, 0.6) is 17.2 Å². The van der Waals surface area contributed by atoms with E-state index in [9.17, 15) is 0 Å². The van der Waals surface area contributed by atoms with Crippen molar-refractivity contribution in [3.63, 3.8) is 0 Å². The van der Waals surface area contributed by atoms with E-state index in [4.69, 9.17) is 14.2 Å². The second-order valence-electron chi connectivity index (χ2n) is 3.55. The maximum Gasteiger partial charge on any atom is 0.203 e. The predicted octanol–water partition coefficient (Wildman–Crippen LogP) is 3.27. The molecule has 16 heavy (non-hydrogen) atoms. The van der Waals surface area contributed by atoms with Crippen molar-refractivity contribution in [2.24, 2.45) is 0 Å². The summed E-state index contributed by atoms with van der Waals surface area (Å²) < 4.78 is 16.2. The van der Waals surface area contributed by atoms with Gasteiger partial charge in [-0.15, -0.1) is 0 Å². The molecule has 0 saturated carbocycles. The number of hydrogen-bond donors (Lipinski definition) is 0. The Kier molecular flexibility index (Phi) is 5.54. The summed E-state index contributed by atoms with van der Waals surface area (Å²) in [6.45, 7) is 2.87. The maximum absolute atomic E-state index is 5.70. The highest BCUT2D eigenvalue weighted by atomic mass is 16.5. The molecule has 0 unspecified atom stereocenters. The number of hydrogen-bond acceptors (Lipinski definition) is 3. The van der Waals surface area contributed by atoms with Crippen molar-refractivity contribution in [3.8, 4) is 17.2 Å². The van der Waals surface area contributed by atoms with Crippen molar-refractivity contribution in [2.75, 3.05) is 20.8 Å². The van der Waals surface area contributed by atoms with E-state index in [1.54, 1.807) is 14.2 Å². The third kappa shape index (κ3) is 3.33. The average Bonchev–Trinajstić information content (AvgIpc) is 2.34. The minimum atomic E-state index is 0.698. The minimum Gasteiger partial charge on any atom is -0.493 e. The summed E-state index contributed by atoms with van der Waals surface area (Å²) in [7, 11) is 3.27. The van der Waals surface area contributed by atoms with Gasteiger partial charge < -0.3 is 14.2 Å². The molecule has 3 nitrogen and oxygen atoms in total. The first kappa shape index (κ1) is 12.7. The van der Waals surface area contributed by atoms with Crippen LogP contribution < -0.4 is 14.2 Å². The van der Waals surface area contributed by atoms with Crippen molar-refractivity contribution >= 4 is 0 Å². The third-order valence-corrected chi connectivity index (χ3v) is 2.38. The lowest BCUT2D eigenvalue weighted by Gasteiger charge is -2.13. The molecule has 0 amide bonds. The molecule has 0 aliphatic rings. The van der Waals surface area contributed by atoms with E-state index in [0.717, 1.165) is 17.9 Å². The van der Waals surface area contributed by atoms with Gasteiger partial charge in [0.25, 0.3) is 0 Å². The van der Waals surface area contributed by atoms with Crippen LogP contribution in [-0.2, 0) is 0 Å². The van der Waals surface area contributed by atoms with Gasteiger partial charge in [-0.3, -0.25) is 0 Å². The van der Waals surface area contributed by atoms with Crippen LogP contribution in [0.2, 0.25) is 0 Å². The van der Waals surface area contributed by atoms with Gasteiger partial charge in [-0.25, -0.2) is 0 Å². The van der Waals surface area contributed by atoms with E-state index < -0.39 is 0 Å². The van der Waals surface area contributed by atoms with Gasteiger partial charge in [0.2, 0.25) is 5.75 Å². The molecule has 0 N–H and O–H groups in total. The van der Waals surface area contributed by atoms with Gasteiger partial charge in [-0.1, -0.05) is 25.8 Å². The molecule has 0 atom stereocenters. The molecule has 1 aromatic rings. The van der Waals surface area contributed by atoms with Crippen molar-refractivity contribution in [3.05, 3.63) is 18.2 Å². The van der Waals surface area contributed by atoms with E-state index in [1.165, 1.54) is 12.8 Å². The summed E-state index contributed by atoms with van der Waals surface area (Å²) in [5, 5.41) is 0. The fraction of sp³-hybridized carbons (Fsp3) is 0.538. The molecule has 0 aliphatic carbocycles. The van der Waals surface area contributed by atoms with Crippen molar-refractivity contribution in [1.29, 1.82) is 0 Å². The van der Waals surface area contributed by atoms with E-state index >= 15 is 0 Å². The second-order valence-corrected chi connectivity index (χ2v) is 3.55. The van der Waals surface area contributed by atoms with E-state index in [0.29, 0.717) is 12.4 Å². The summed E-state index contributed by atoms with van der Waals surface area (Å²) in [5.74, 6) is 2.13. The van der Waals surface area contributed by atoms with E-state index in [1.807, 2.05) is 18.2 Å². The Labute approximate surface area is 97.3 Å². The lowest BCUT2D eigenvalue weighted by molar-refractivity contribution is 0.268. The Hall–Kier alpha value is -1.38. The molecule has 0 aliphatic heterocycles. The molecule has 90 valence electrons. The predicted molar refractivity (Wildman–Crippen MR) is 64.6 cm³/mol. The maximum atomic E-state index is 5.70. The fourth-order valence-corrected chi connectivity index (χ4v) is 1.49. The van der Waals surface area contributed by atoms with Crippen molar-refractivity contribution < 1.29 is 14.2 Å². The Morgan fingerprint density at radius 3 is 2.12 bits per heavy atom. The van der Waals surface area contributed by atoms with Crippen LogP contribution in [0.25, 0.3) is 0 Å². The van der Waals surface area contributed by atoms with Crippen LogP contribution in [0.3, 0.4) is 0 Å². The zero-order valence-corrected chi connectivity index (χ0v) is 10.3. The van der Waals surface area contributed by atoms with Crippen LogP contribution in [0.1, 0.15) is 26.2 Å². The van der Waals surface area contributed by atoms with Crippen LogP contribution >= 0.6 is 0 Å².